The predicted molar refractivity (Wildman–Crippen MR) is 102 cm³/mol. The minimum atomic E-state index is -4.72. The lowest BCUT2D eigenvalue weighted by Crippen LogP contribution is -2.41. The summed E-state index contributed by atoms with van der Waals surface area (Å²) in [6.45, 7) is -0.334. The monoisotopic (exact) mass is 417 g/mol. The van der Waals surface area contributed by atoms with Gasteiger partial charge in [0.05, 0.1) is 22.8 Å². The third kappa shape index (κ3) is 2.98. The Morgan fingerprint density at radius 3 is 2.27 bits per heavy atom. The molecule has 0 atom stereocenters. The molecule has 0 aliphatic rings. The van der Waals surface area contributed by atoms with E-state index in [1.165, 1.54) is 18.7 Å². The Balaban J connectivity index is 1.94. The maximum absolute atomic E-state index is 13.0. The highest BCUT2D eigenvalue weighted by Gasteiger charge is 2.33. The Labute approximate surface area is 165 Å². The molecule has 0 spiro atoms. The average molecular weight is 417 g/mol. The number of pyridine rings is 1. The number of nitrogens with zero attached hydrogens (tertiary/aromatic N) is 5. The van der Waals surface area contributed by atoms with Crippen molar-refractivity contribution in [2.45, 2.75) is 12.7 Å². The molecule has 154 valence electrons. The molecular weight excluding hydrogens is 403 g/mol. The molecule has 0 aliphatic heterocycles. The molecular formula is C19H14F3N5O3. The zero-order valence-corrected chi connectivity index (χ0v) is 15.8. The second kappa shape index (κ2) is 6.65. The first kappa shape index (κ1) is 19.6. The van der Waals surface area contributed by atoms with E-state index in [1.807, 2.05) is 0 Å². The zero-order valence-electron chi connectivity index (χ0n) is 15.8. The molecule has 0 saturated carbocycles. The third-order valence-electron chi connectivity index (χ3n) is 4.85. The first-order chi connectivity index (χ1) is 14.1. The number of benzene rings is 1. The summed E-state index contributed by atoms with van der Waals surface area (Å²) in [4.78, 5) is 45.9. The molecule has 4 rings (SSSR count). The van der Waals surface area contributed by atoms with Gasteiger partial charge in [-0.05, 0) is 24.3 Å². The van der Waals surface area contributed by atoms with Crippen molar-refractivity contribution in [3.8, 4) is 0 Å². The van der Waals surface area contributed by atoms with Crippen molar-refractivity contribution in [1.29, 1.82) is 0 Å². The summed E-state index contributed by atoms with van der Waals surface area (Å²) in [7, 11) is 2.69. The molecule has 0 unspecified atom stereocenters. The fraction of sp³-hybridized carbons (Fsp3) is 0.211. The van der Waals surface area contributed by atoms with E-state index in [4.69, 9.17) is 0 Å². The van der Waals surface area contributed by atoms with Crippen LogP contribution < -0.4 is 16.8 Å². The van der Waals surface area contributed by atoms with Crippen LogP contribution in [0.1, 0.15) is 11.5 Å². The first-order valence-corrected chi connectivity index (χ1v) is 8.72. The maximum Gasteiger partial charge on any atom is 0.433 e. The van der Waals surface area contributed by atoms with Gasteiger partial charge in [0.1, 0.15) is 17.2 Å². The van der Waals surface area contributed by atoms with Crippen LogP contribution in [0, 0.1) is 0 Å². The van der Waals surface area contributed by atoms with Crippen LogP contribution in [0.4, 0.5) is 13.2 Å². The van der Waals surface area contributed by atoms with Crippen LogP contribution in [0.2, 0.25) is 0 Å². The Kier molecular flexibility index (Phi) is 4.33. The minimum absolute atomic E-state index is 0.150. The van der Waals surface area contributed by atoms with Gasteiger partial charge in [-0.3, -0.25) is 23.3 Å². The molecule has 3 heterocycles. The normalized spacial score (nSPS) is 12.0. The van der Waals surface area contributed by atoms with Crippen molar-refractivity contribution >= 4 is 21.9 Å². The lowest BCUT2D eigenvalue weighted by atomic mass is 10.2. The molecule has 3 aromatic heterocycles. The zero-order chi connectivity index (χ0) is 21.8. The van der Waals surface area contributed by atoms with Gasteiger partial charge in [0.2, 0.25) is 0 Å². The number of halogens is 3. The molecule has 0 amide bonds. The fourth-order valence-corrected chi connectivity index (χ4v) is 3.22. The SMILES string of the molecule is Cn1c(Cn2c(=O)c3ccc(C(F)(F)F)nc3n(C)c2=O)nc2ccccc2c1=O. The minimum Gasteiger partial charge on any atom is -0.298 e. The quantitative estimate of drug-likeness (QED) is 0.492. The number of rotatable bonds is 2. The Bertz CT molecular complexity index is 1500. The smallest absolute Gasteiger partial charge is 0.298 e. The summed E-state index contributed by atoms with van der Waals surface area (Å²) in [5, 5.41) is 0.224. The van der Waals surface area contributed by atoms with Crippen molar-refractivity contribution in [3.63, 3.8) is 0 Å². The van der Waals surface area contributed by atoms with Gasteiger partial charge in [-0.15, -0.1) is 0 Å². The number of para-hydroxylation sites is 1. The molecule has 0 N–H and O–H groups in total. The van der Waals surface area contributed by atoms with Crippen LogP contribution in [0.15, 0.2) is 50.8 Å². The van der Waals surface area contributed by atoms with Crippen molar-refractivity contribution in [2.75, 3.05) is 0 Å². The van der Waals surface area contributed by atoms with E-state index >= 15 is 0 Å². The predicted octanol–water partition coefficient (Wildman–Crippen LogP) is 1.41. The van der Waals surface area contributed by atoms with E-state index in [0.717, 1.165) is 15.2 Å². The molecule has 0 saturated heterocycles. The summed E-state index contributed by atoms with van der Waals surface area (Å²) in [6, 6.07) is 8.29. The fourth-order valence-electron chi connectivity index (χ4n) is 3.22. The lowest BCUT2D eigenvalue weighted by Gasteiger charge is -2.13. The van der Waals surface area contributed by atoms with E-state index in [9.17, 15) is 27.6 Å². The van der Waals surface area contributed by atoms with E-state index in [1.54, 1.807) is 24.3 Å². The topological polar surface area (TPSA) is 91.8 Å². The summed E-state index contributed by atoms with van der Waals surface area (Å²) >= 11 is 0. The van der Waals surface area contributed by atoms with Gasteiger partial charge in [0, 0.05) is 14.1 Å². The highest BCUT2D eigenvalue weighted by atomic mass is 19.4. The van der Waals surface area contributed by atoms with Crippen molar-refractivity contribution in [1.82, 2.24) is 23.7 Å². The number of fused-ring (bicyclic) bond motifs is 2. The van der Waals surface area contributed by atoms with Gasteiger partial charge in [0.25, 0.3) is 11.1 Å². The van der Waals surface area contributed by atoms with Crippen LogP contribution in [0.5, 0.6) is 0 Å². The first-order valence-electron chi connectivity index (χ1n) is 8.72. The summed E-state index contributed by atoms with van der Waals surface area (Å²) in [6.07, 6.45) is -4.72. The Hall–Kier alpha value is -3.76. The van der Waals surface area contributed by atoms with E-state index in [2.05, 4.69) is 9.97 Å². The number of alkyl halides is 3. The van der Waals surface area contributed by atoms with E-state index in [0.29, 0.717) is 17.0 Å². The average Bonchev–Trinajstić information content (AvgIpc) is 2.72. The molecule has 0 radical (unpaired) electrons. The van der Waals surface area contributed by atoms with Crippen LogP contribution in [-0.4, -0.2) is 23.7 Å². The van der Waals surface area contributed by atoms with Gasteiger partial charge in [-0.1, -0.05) is 12.1 Å². The summed E-state index contributed by atoms with van der Waals surface area (Å²) in [5.74, 6) is 0.150. The standard InChI is InChI=1S/C19H14F3N5O3/c1-25-14(23-12-6-4-3-5-10(12)16(25)28)9-27-17(29)11-7-8-13(19(20,21)22)24-15(11)26(2)18(27)30/h3-8H,9H2,1-2H3. The Morgan fingerprint density at radius 1 is 0.867 bits per heavy atom. The van der Waals surface area contributed by atoms with Crippen LogP contribution >= 0.6 is 0 Å². The van der Waals surface area contributed by atoms with Gasteiger partial charge < -0.3 is 0 Å². The van der Waals surface area contributed by atoms with E-state index in [-0.39, 0.29) is 29.0 Å². The van der Waals surface area contributed by atoms with Crippen LogP contribution in [-0.2, 0) is 26.8 Å². The highest BCUT2D eigenvalue weighted by Crippen LogP contribution is 2.28. The molecule has 0 fully saturated rings. The molecule has 0 aliphatic carbocycles. The van der Waals surface area contributed by atoms with Crippen molar-refractivity contribution in [3.05, 3.63) is 79.1 Å². The third-order valence-corrected chi connectivity index (χ3v) is 4.85. The number of aryl methyl sites for hydroxylation is 1. The van der Waals surface area contributed by atoms with Gasteiger partial charge in [0.15, 0.2) is 0 Å². The molecule has 8 nitrogen and oxygen atoms in total. The highest BCUT2D eigenvalue weighted by molar-refractivity contribution is 5.77. The van der Waals surface area contributed by atoms with Crippen molar-refractivity contribution in [2.24, 2.45) is 14.1 Å². The maximum atomic E-state index is 13.0. The van der Waals surface area contributed by atoms with E-state index < -0.39 is 23.1 Å². The van der Waals surface area contributed by atoms with Crippen LogP contribution in [0.25, 0.3) is 21.9 Å². The number of aromatic nitrogens is 5. The van der Waals surface area contributed by atoms with Crippen LogP contribution in [0.3, 0.4) is 0 Å². The number of hydrogen-bond donors (Lipinski definition) is 0. The second-order valence-corrected chi connectivity index (χ2v) is 6.71. The second-order valence-electron chi connectivity index (χ2n) is 6.71. The molecule has 11 heteroatoms. The molecule has 4 aromatic rings. The van der Waals surface area contributed by atoms with Gasteiger partial charge in [-0.25, -0.2) is 14.8 Å². The molecule has 0 bridgehead atoms. The Morgan fingerprint density at radius 2 is 1.57 bits per heavy atom. The number of hydrogen-bond acceptors (Lipinski definition) is 5. The largest absolute Gasteiger partial charge is 0.433 e. The summed E-state index contributed by atoms with van der Waals surface area (Å²) < 4.78 is 41.8. The lowest BCUT2D eigenvalue weighted by molar-refractivity contribution is -0.141. The van der Waals surface area contributed by atoms with Gasteiger partial charge >= 0.3 is 11.9 Å². The summed E-state index contributed by atoms with van der Waals surface area (Å²) in [5.41, 5.74) is -3.23. The van der Waals surface area contributed by atoms with Gasteiger partial charge in [-0.2, -0.15) is 13.2 Å². The molecule has 30 heavy (non-hydrogen) atoms. The molecule has 1 aromatic carbocycles. The van der Waals surface area contributed by atoms with Crippen molar-refractivity contribution < 1.29 is 13.2 Å².